The summed E-state index contributed by atoms with van der Waals surface area (Å²) in [5, 5.41) is 47.6. The summed E-state index contributed by atoms with van der Waals surface area (Å²) in [6, 6.07) is 2.70. The van der Waals surface area contributed by atoms with E-state index in [1.807, 2.05) is 0 Å². The molecular formula is C30H34N2O11. The number of nitrogens with one attached hydrogen (secondary N) is 1. The van der Waals surface area contributed by atoms with Crippen molar-refractivity contribution >= 4 is 23.3 Å². The zero-order valence-corrected chi connectivity index (χ0v) is 24.0. The molecule has 230 valence electrons. The molecule has 1 amide bonds. The molecule has 0 aromatic heterocycles. The van der Waals surface area contributed by atoms with E-state index in [1.54, 1.807) is 6.92 Å². The lowest BCUT2D eigenvalue weighted by molar-refractivity contribution is -0.249. The van der Waals surface area contributed by atoms with Crippen LogP contribution in [0.2, 0.25) is 0 Å². The first-order chi connectivity index (χ1) is 20.2. The average molecular weight is 599 g/mol. The van der Waals surface area contributed by atoms with Crippen molar-refractivity contribution in [2.24, 2.45) is 5.73 Å². The van der Waals surface area contributed by atoms with E-state index in [0.29, 0.717) is 0 Å². The van der Waals surface area contributed by atoms with Gasteiger partial charge in [-0.1, -0.05) is 12.1 Å². The van der Waals surface area contributed by atoms with Crippen LogP contribution in [0.15, 0.2) is 18.2 Å². The molecule has 1 fully saturated rings. The van der Waals surface area contributed by atoms with Gasteiger partial charge in [0, 0.05) is 36.0 Å². The summed E-state index contributed by atoms with van der Waals surface area (Å²) in [7, 11) is 1.32. The molecule has 7 atom stereocenters. The number of phenols is 2. The second-order valence-electron chi connectivity index (χ2n) is 11.4. The van der Waals surface area contributed by atoms with E-state index < -0.39 is 101 Å². The maximum atomic E-state index is 13.8. The van der Waals surface area contributed by atoms with Gasteiger partial charge in [0.25, 0.3) is 0 Å². The maximum Gasteiger partial charge on any atom is 0.236 e. The number of methoxy groups -OCH3 is 1. The lowest BCUT2D eigenvalue weighted by Gasteiger charge is -2.43. The van der Waals surface area contributed by atoms with Gasteiger partial charge in [-0.25, -0.2) is 0 Å². The Kier molecular flexibility index (Phi) is 7.82. The number of hydrogen-bond donors (Lipinski definition) is 6. The highest BCUT2D eigenvalue weighted by atomic mass is 16.7. The van der Waals surface area contributed by atoms with Crippen molar-refractivity contribution in [1.29, 1.82) is 0 Å². The number of ether oxygens (including phenoxy) is 3. The number of carbonyl (C=O) groups excluding carboxylic acids is 4. The first-order valence-corrected chi connectivity index (χ1v) is 13.9. The van der Waals surface area contributed by atoms with E-state index in [-0.39, 0.29) is 34.4 Å². The molecule has 2 aliphatic carbocycles. The number of rotatable bonds is 6. The number of fused-ring (bicyclic) bond motifs is 3. The van der Waals surface area contributed by atoms with Crippen molar-refractivity contribution in [2.75, 3.05) is 7.11 Å². The van der Waals surface area contributed by atoms with E-state index in [9.17, 15) is 39.6 Å². The number of amides is 1. The van der Waals surface area contributed by atoms with Crippen LogP contribution in [0.4, 0.5) is 0 Å². The number of benzene rings is 2. The van der Waals surface area contributed by atoms with Crippen molar-refractivity contribution in [3.8, 4) is 17.2 Å². The third-order valence-corrected chi connectivity index (χ3v) is 8.49. The Morgan fingerprint density at radius 2 is 1.81 bits per heavy atom. The Balaban J connectivity index is 1.61. The smallest absolute Gasteiger partial charge is 0.236 e. The molecule has 6 unspecified atom stereocenters. The van der Waals surface area contributed by atoms with Crippen molar-refractivity contribution in [3.63, 3.8) is 0 Å². The van der Waals surface area contributed by atoms with Crippen molar-refractivity contribution in [3.05, 3.63) is 51.6 Å². The molecule has 1 heterocycles. The van der Waals surface area contributed by atoms with Gasteiger partial charge in [0.1, 0.15) is 29.0 Å². The quantitative estimate of drug-likeness (QED) is 0.214. The standard InChI is InChI=1S/C30H34N2O11/c1-11(31)29(39)32-16-8-19(42-12(2)24(16)34)43-18-10-30(40,13(3)33)9-15-21(18)28(38)23-22(26(15)36)25(35)14-6-5-7-17(41-4)20(14)27(23)37/h5-7,11-12,16,18-19,24,34,36,38,40H,8-10,31H2,1-4H3,(H,32,39)/t11?,12?,16?,18?,19?,24?,30-/m0/s1. The Morgan fingerprint density at radius 1 is 1.14 bits per heavy atom. The van der Waals surface area contributed by atoms with E-state index >= 15 is 0 Å². The molecular weight excluding hydrogens is 564 g/mol. The minimum absolute atomic E-state index is 0.0417. The Hall–Kier alpha value is -3.88. The topological polar surface area (TPSA) is 215 Å². The highest BCUT2D eigenvalue weighted by molar-refractivity contribution is 6.31. The zero-order valence-electron chi connectivity index (χ0n) is 24.0. The first-order valence-electron chi connectivity index (χ1n) is 13.9. The SMILES string of the molecule is COc1cccc2c1C(=O)c1c(O)c3c(c(O)c1C2=O)C[C@@](O)(C(C)=O)CC3OC1CC(NC(=O)C(C)N)C(O)C(C)O1. The summed E-state index contributed by atoms with van der Waals surface area (Å²) in [6.45, 7) is 4.19. The van der Waals surface area contributed by atoms with Crippen LogP contribution in [0.5, 0.6) is 17.2 Å². The van der Waals surface area contributed by atoms with Gasteiger partial charge in [-0.3, -0.25) is 19.2 Å². The minimum atomic E-state index is -2.07. The number of aliphatic hydroxyl groups excluding tert-OH is 1. The molecule has 0 spiro atoms. The van der Waals surface area contributed by atoms with E-state index in [0.717, 1.165) is 6.92 Å². The van der Waals surface area contributed by atoms with Gasteiger partial charge in [0.05, 0.1) is 48.1 Å². The average Bonchev–Trinajstić information content (AvgIpc) is 2.95. The number of aromatic hydroxyl groups is 2. The molecule has 13 heteroatoms. The number of hydrogen-bond acceptors (Lipinski definition) is 12. The first kappa shape index (κ1) is 30.6. The van der Waals surface area contributed by atoms with Crippen LogP contribution in [0, 0.1) is 0 Å². The van der Waals surface area contributed by atoms with E-state index in [4.69, 9.17) is 19.9 Å². The Labute approximate surface area is 246 Å². The predicted molar refractivity (Wildman–Crippen MR) is 148 cm³/mol. The second kappa shape index (κ2) is 11.0. The molecule has 0 saturated carbocycles. The third kappa shape index (κ3) is 4.96. The Bertz CT molecular complexity index is 1540. The van der Waals surface area contributed by atoms with Crippen molar-refractivity contribution < 1.29 is 53.8 Å². The molecule has 1 saturated heterocycles. The molecule has 2 aromatic carbocycles. The molecule has 5 rings (SSSR count). The largest absolute Gasteiger partial charge is 0.507 e. The summed E-state index contributed by atoms with van der Waals surface area (Å²) in [6.07, 6.45) is -5.35. The summed E-state index contributed by atoms with van der Waals surface area (Å²) in [5.41, 5.74) is 2.31. The molecule has 2 aromatic rings. The zero-order chi connectivity index (χ0) is 31.5. The molecule has 7 N–H and O–H groups in total. The molecule has 0 bridgehead atoms. The number of aliphatic hydroxyl groups is 2. The fourth-order valence-electron chi connectivity index (χ4n) is 6.08. The fraction of sp³-hybridized carbons (Fsp3) is 0.467. The Morgan fingerprint density at radius 3 is 2.44 bits per heavy atom. The number of ketones is 3. The van der Waals surface area contributed by atoms with Gasteiger partial charge in [-0.05, 0) is 26.8 Å². The molecule has 1 aliphatic heterocycles. The number of carbonyl (C=O) groups is 4. The lowest BCUT2D eigenvalue weighted by atomic mass is 9.72. The lowest BCUT2D eigenvalue weighted by Crippen LogP contribution is -2.57. The highest BCUT2D eigenvalue weighted by Crippen LogP contribution is 2.52. The predicted octanol–water partition coefficient (Wildman–Crippen LogP) is 0.534. The second-order valence-corrected chi connectivity index (χ2v) is 11.4. The summed E-state index contributed by atoms with van der Waals surface area (Å²) >= 11 is 0. The van der Waals surface area contributed by atoms with Crippen LogP contribution in [0.3, 0.4) is 0 Å². The van der Waals surface area contributed by atoms with Gasteiger partial charge in [-0.2, -0.15) is 0 Å². The van der Waals surface area contributed by atoms with Crippen molar-refractivity contribution in [2.45, 2.75) is 82.3 Å². The van der Waals surface area contributed by atoms with Crippen LogP contribution in [-0.4, -0.2) is 87.0 Å². The summed E-state index contributed by atoms with van der Waals surface area (Å²) in [5.74, 6) is -3.92. The van der Waals surface area contributed by atoms with Gasteiger partial charge < -0.3 is 45.7 Å². The van der Waals surface area contributed by atoms with Crippen LogP contribution < -0.4 is 15.8 Å². The monoisotopic (exact) mass is 598 g/mol. The van der Waals surface area contributed by atoms with Gasteiger partial charge in [0.2, 0.25) is 11.7 Å². The van der Waals surface area contributed by atoms with Gasteiger partial charge in [-0.15, -0.1) is 0 Å². The number of nitrogens with two attached hydrogens (primary N) is 1. The summed E-state index contributed by atoms with van der Waals surface area (Å²) < 4.78 is 17.3. The van der Waals surface area contributed by atoms with Crippen LogP contribution in [0.1, 0.15) is 82.7 Å². The van der Waals surface area contributed by atoms with Crippen LogP contribution >= 0.6 is 0 Å². The van der Waals surface area contributed by atoms with E-state index in [2.05, 4.69) is 5.32 Å². The highest BCUT2D eigenvalue weighted by Gasteiger charge is 2.49. The summed E-state index contributed by atoms with van der Waals surface area (Å²) in [4.78, 5) is 52.2. The van der Waals surface area contributed by atoms with Crippen LogP contribution in [-0.2, 0) is 25.5 Å². The molecule has 43 heavy (non-hydrogen) atoms. The molecule has 0 radical (unpaired) electrons. The molecule has 3 aliphatic rings. The van der Waals surface area contributed by atoms with Gasteiger partial charge in [0.15, 0.2) is 17.9 Å². The molecule has 13 nitrogen and oxygen atoms in total. The minimum Gasteiger partial charge on any atom is -0.507 e. The van der Waals surface area contributed by atoms with Crippen LogP contribution in [0.25, 0.3) is 0 Å². The van der Waals surface area contributed by atoms with Crippen molar-refractivity contribution in [1.82, 2.24) is 5.32 Å². The third-order valence-electron chi connectivity index (χ3n) is 8.49. The fourth-order valence-corrected chi connectivity index (χ4v) is 6.08. The normalized spacial score (nSPS) is 28.8. The van der Waals surface area contributed by atoms with Gasteiger partial charge >= 0.3 is 0 Å². The van der Waals surface area contributed by atoms with E-state index in [1.165, 1.54) is 32.2 Å². The number of Topliss-reactive ketones (excluding diaryl/α,β-unsaturated/α-hetero) is 1. The maximum absolute atomic E-state index is 13.8. The number of phenolic OH excluding ortho intramolecular Hbond substituents is 2.